The van der Waals surface area contributed by atoms with Gasteiger partial charge in [0.15, 0.2) is 11.5 Å². The highest BCUT2D eigenvalue weighted by molar-refractivity contribution is 6.21. The number of hydrogen-bond acceptors (Lipinski definition) is 4. The SMILES string of the molecule is COc1c(C2=C(C)C(C)(C(F)(F)F)OC2=O)ccc(OCc2ccccc2)c1F. The van der Waals surface area contributed by atoms with Crippen molar-refractivity contribution in [2.45, 2.75) is 32.2 Å². The lowest BCUT2D eigenvalue weighted by atomic mass is 9.91. The van der Waals surface area contributed by atoms with E-state index in [4.69, 9.17) is 9.47 Å². The Morgan fingerprint density at radius 1 is 1.10 bits per heavy atom. The standard InChI is InChI=1S/C21H18F4O4/c1-12-16(19(26)29-20(12,2)21(23,24)25)14-9-10-15(17(22)18(14)27-3)28-11-13-7-5-4-6-8-13/h4-10H,11H2,1-3H3. The van der Waals surface area contributed by atoms with Crippen molar-refractivity contribution in [3.8, 4) is 11.5 Å². The van der Waals surface area contributed by atoms with Gasteiger partial charge in [0.1, 0.15) is 6.61 Å². The number of benzene rings is 2. The van der Waals surface area contributed by atoms with Gasteiger partial charge in [0, 0.05) is 5.56 Å². The summed E-state index contributed by atoms with van der Waals surface area (Å²) in [6.07, 6.45) is -4.82. The fourth-order valence-corrected chi connectivity index (χ4v) is 3.07. The Morgan fingerprint density at radius 2 is 1.76 bits per heavy atom. The zero-order valence-electron chi connectivity index (χ0n) is 15.9. The van der Waals surface area contributed by atoms with Gasteiger partial charge in [0.2, 0.25) is 11.4 Å². The van der Waals surface area contributed by atoms with Crippen LogP contribution in [0.1, 0.15) is 25.0 Å². The van der Waals surface area contributed by atoms with Crippen molar-refractivity contribution in [1.29, 1.82) is 0 Å². The molecule has 0 aromatic heterocycles. The molecule has 3 rings (SSSR count). The van der Waals surface area contributed by atoms with Crippen molar-refractivity contribution in [3.05, 3.63) is 65.0 Å². The van der Waals surface area contributed by atoms with Crippen LogP contribution in [0.25, 0.3) is 5.57 Å². The van der Waals surface area contributed by atoms with Crippen LogP contribution in [0.5, 0.6) is 11.5 Å². The second-order valence-corrected chi connectivity index (χ2v) is 6.65. The summed E-state index contributed by atoms with van der Waals surface area (Å²) in [6, 6.07) is 11.5. The predicted octanol–water partition coefficient (Wildman–Crippen LogP) is 5.06. The minimum atomic E-state index is -4.82. The van der Waals surface area contributed by atoms with Crippen LogP contribution in [0, 0.1) is 5.82 Å². The fourth-order valence-electron chi connectivity index (χ4n) is 3.07. The Morgan fingerprint density at radius 3 is 2.31 bits per heavy atom. The van der Waals surface area contributed by atoms with E-state index >= 15 is 0 Å². The van der Waals surface area contributed by atoms with Gasteiger partial charge in [0.25, 0.3) is 0 Å². The molecule has 0 bridgehead atoms. The lowest BCUT2D eigenvalue weighted by molar-refractivity contribution is -0.242. The minimum Gasteiger partial charge on any atom is -0.493 e. The third kappa shape index (κ3) is 3.54. The normalized spacial score (nSPS) is 19.3. The van der Waals surface area contributed by atoms with E-state index in [2.05, 4.69) is 4.74 Å². The van der Waals surface area contributed by atoms with Gasteiger partial charge in [-0.2, -0.15) is 17.6 Å². The van der Waals surface area contributed by atoms with Crippen LogP contribution in [0.3, 0.4) is 0 Å². The summed E-state index contributed by atoms with van der Waals surface area (Å²) in [5.41, 5.74) is -2.87. The third-order valence-corrected chi connectivity index (χ3v) is 4.90. The Balaban J connectivity index is 2.01. The first-order chi connectivity index (χ1) is 13.6. The number of cyclic esters (lactones) is 1. The quantitative estimate of drug-likeness (QED) is 0.510. The van der Waals surface area contributed by atoms with Crippen molar-refractivity contribution < 1.29 is 36.6 Å². The first kappa shape index (κ1) is 20.7. The Hall–Kier alpha value is -3.03. The molecule has 0 fully saturated rings. The number of carbonyl (C=O) groups is 1. The highest BCUT2D eigenvalue weighted by Crippen LogP contribution is 2.49. The molecule has 1 unspecified atom stereocenters. The maximum Gasteiger partial charge on any atom is 0.432 e. The van der Waals surface area contributed by atoms with Gasteiger partial charge in [-0.25, -0.2) is 4.79 Å². The number of carbonyl (C=O) groups excluding carboxylic acids is 1. The molecule has 0 spiro atoms. The van der Waals surface area contributed by atoms with E-state index in [1.807, 2.05) is 6.07 Å². The van der Waals surface area contributed by atoms with Crippen LogP contribution in [-0.2, 0) is 16.1 Å². The number of halogens is 4. The molecule has 1 heterocycles. The maximum atomic E-state index is 14.9. The summed E-state index contributed by atoms with van der Waals surface area (Å²) < 4.78 is 70.3. The summed E-state index contributed by atoms with van der Waals surface area (Å²) in [5.74, 6) is -2.67. The zero-order chi connectivity index (χ0) is 21.4. The molecule has 1 aliphatic rings. The summed E-state index contributed by atoms with van der Waals surface area (Å²) in [5, 5.41) is 0. The molecule has 0 saturated carbocycles. The average Bonchev–Trinajstić information content (AvgIpc) is 2.91. The fraction of sp³-hybridized carbons (Fsp3) is 0.286. The van der Waals surface area contributed by atoms with Crippen molar-refractivity contribution in [2.75, 3.05) is 7.11 Å². The van der Waals surface area contributed by atoms with Gasteiger partial charge < -0.3 is 14.2 Å². The van der Waals surface area contributed by atoms with Gasteiger partial charge in [-0.15, -0.1) is 0 Å². The first-order valence-corrected chi connectivity index (χ1v) is 8.65. The highest BCUT2D eigenvalue weighted by Gasteiger charge is 2.60. The molecular formula is C21H18F4O4. The van der Waals surface area contributed by atoms with E-state index in [9.17, 15) is 22.4 Å². The zero-order valence-corrected chi connectivity index (χ0v) is 15.9. The summed E-state index contributed by atoms with van der Waals surface area (Å²) in [6.45, 7) is 1.97. The number of hydrogen-bond donors (Lipinski definition) is 0. The Labute approximate surface area is 164 Å². The van der Waals surface area contributed by atoms with Crippen LogP contribution in [0.15, 0.2) is 48.0 Å². The third-order valence-electron chi connectivity index (χ3n) is 4.90. The van der Waals surface area contributed by atoms with Crippen molar-refractivity contribution in [3.63, 3.8) is 0 Å². The smallest absolute Gasteiger partial charge is 0.432 e. The van der Waals surface area contributed by atoms with Gasteiger partial charge in [-0.1, -0.05) is 30.3 Å². The van der Waals surface area contributed by atoms with Crippen molar-refractivity contribution >= 4 is 11.5 Å². The van der Waals surface area contributed by atoms with Gasteiger partial charge in [-0.05, 0) is 37.1 Å². The Bertz CT molecular complexity index is 967. The number of alkyl halides is 3. The molecule has 2 aromatic carbocycles. The minimum absolute atomic E-state index is 0.0795. The Kier molecular flexibility index (Phi) is 5.30. The van der Waals surface area contributed by atoms with E-state index in [0.29, 0.717) is 0 Å². The maximum absolute atomic E-state index is 14.9. The van der Waals surface area contributed by atoms with E-state index in [0.717, 1.165) is 26.5 Å². The molecule has 1 atom stereocenters. The van der Waals surface area contributed by atoms with Crippen LogP contribution in [-0.4, -0.2) is 24.9 Å². The molecule has 8 heteroatoms. The highest BCUT2D eigenvalue weighted by atomic mass is 19.4. The summed E-state index contributed by atoms with van der Waals surface area (Å²) in [7, 11) is 1.15. The molecule has 2 aromatic rings. The summed E-state index contributed by atoms with van der Waals surface area (Å²) >= 11 is 0. The van der Waals surface area contributed by atoms with Gasteiger partial charge in [-0.3, -0.25) is 0 Å². The molecule has 4 nitrogen and oxygen atoms in total. The van der Waals surface area contributed by atoms with Gasteiger partial charge >= 0.3 is 12.1 Å². The average molecular weight is 410 g/mol. The molecule has 0 saturated heterocycles. The van der Waals surface area contributed by atoms with Gasteiger partial charge in [0.05, 0.1) is 12.7 Å². The molecule has 0 amide bonds. The molecule has 0 radical (unpaired) electrons. The van der Waals surface area contributed by atoms with Crippen LogP contribution in [0.2, 0.25) is 0 Å². The molecular weight excluding hydrogens is 392 g/mol. The molecule has 1 aliphatic heterocycles. The van der Waals surface area contributed by atoms with Crippen LogP contribution < -0.4 is 9.47 Å². The van der Waals surface area contributed by atoms with E-state index in [1.54, 1.807) is 24.3 Å². The molecule has 154 valence electrons. The van der Waals surface area contributed by atoms with E-state index < -0.39 is 29.3 Å². The number of ether oxygens (including phenoxy) is 3. The second kappa shape index (κ2) is 7.42. The molecule has 0 N–H and O–H groups in total. The lowest BCUT2D eigenvalue weighted by Gasteiger charge is -2.27. The topological polar surface area (TPSA) is 44.8 Å². The number of rotatable bonds is 5. The molecule has 0 aliphatic carbocycles. The summed E-state index contributed by atoms with van der Waals surface area (Å²) in [4.78, 5) is 12.2. The van der Waals surface area contributed by atoms with Crippen LogP contribution >= 0.6 is 0 Å². The lowest BCUT2D eigenvalue weighted by Crippen LogP contribution is -2.43. The number of methoxy groups -OCH3 is 1. The second-order valence-electron chi connectivity index (χ2n) is 6.65. The number of esters is 1. The monoisotopic (exact) mass is 410 g/mol. The van der Waals surface area contributed by atoms with E-state index in [1.165, 1.54) is 12.1 Å². The van der Waals surface area contributed by atoms with Crippen LogP contribution in [0.4, 0.5) is 17.6 Å². The van der Waals surface area contributed by atoms with Crippen molar-refractivity contribution in [1.82, 2.24) is 0 Å². The first-order valence-electron chi connectivity index (χ1n) is 8.65. The largest absolute Gasteiger partial charge is 0.493 e. The predicted molar refractivity (Wildman–Crippen MR) is 96.9 cm³/mol. The van der Waals surface area contributed by atoms with Crippen molar-refractivity contribution in [2.24, 2.45) is 0 Å². The van der Waals surface area contributed by atoms with E-state index in [-0.39, 0.29) is 29.1 Å². The molecule has 29 heavy (non-hydrogen) atoms.